The lowest BCUT2D eigenvalue weighted by Gasteiger charge is -2.13. The summed E-state index contributed by atoms with van der Waals surface area (Å²) in [7, 11) is -2.31. The van der Waals surface area contributed by atoms with E-state index >= 15 is 0 Å². The molecule has 0 aliphatic carbocycles. The average Bonchev–Trinajstić information content (AvgIpc) is 4.09. The van der Waals surface area contributed by atoms with Crippen molar-refractivity contribution in [2.75, 3.05) is 21.9 Å². The maximum absolute atomic E-state index is 13.7. The Morgan fingerprint density at radius 3 is 1.90 bits per heavy atom. The van der Waals surface area contributed by atoms with E-state index in [1.54, 1.807) is 62.5 Å². The Labute approximate surface area is 464 Å². The summed E-state index contributed by atoms with van der Waals surface area (Å²) < 4.78 is 75.8. The van der Waals surface area contributed by atoms with Gasteiger partial charge in [-0.1, -0.05) is 122 Å². The summed E-state index contributed by atoms with van der Waals surface area (Å²) in [5, 5.41) is 21.5. The van der Waals surface area contributed by atoms with Crippen molar-refractivity contribution < 1.29 is 36.0 Å². The van der Waals surface area contributed by atoms with E-state index in [1.807, 2.05) is 97.1 Å². The minimum Gasteiger partial charge on any atom is -0.508 e. The Morgan fingerprint density at radius 2 is 1.31 bits per heavy atom. The van der Waals surface area contributed by atoms with Crippen LogP contribution in [0.4, 0.5) is 41.9 Å². The molecule has 0 aliphatic rings. The van der Waals surface area contributed by atoms with E-state index in [1.165, 1.54) is 52.7 Å². The maximum atomic E-state index is 13.7. The van der Waals surface area contributed by atoms with E-state index in [2.05, 4.69) is 24.7 Å². The van der Waals surface area contributed by atoms with Crippen LogP contribution in [-0.4, -0.2) is 43.0 Å². The zero-order valence-electron chi connectivity index (χ0n) is 42.9. The van der Waals surface area contributed by atoms with Gasteiger partial charge in [-0.2, -0.15) is 13.2 Å². The molecule has 0 fully saturated rings. The number of aryl methyl sites for hydroxylation is 2. The number of halogens is 3. The van der Waals surface area contributed by atoms with Crippen LogP contribution in [0.1, 0.15) is 18.2 Å². The first-order valence-corrected chi connectivity index (χ1v) is 26.8. The third-order valence-electron chi connectivity index (χ3n) is 12.4. The minimum atomic E-state index is -4.92. The molecule has 0 amide bonds. The van der Waals surface area contributed by atoms with E-state index in [-0.39, 0.29) is 44.1 Å². The molecule has 0 radical (unpaired) electrons. The van der Waals surface area contributed by atoms with Gasteiger partial charge in [0.1, 0.15) is 22.7 Å². The van der Waals surface area contributed by atoms with E-state index in [0.29, 0.717) is 62.1 Å². The summed E-state index contributed by atoms with van der Waals surface area (Å²) in [5.74, 6) is -1.79. The summed E-state index contributed by atoms with van der Waals surface area (Å²) in [5.41, 5.74) is 23.0. The highest BCUT2D eigenvalue weighted by Crippen LogP contribution is 2.40. The van der Waals surface area contributed by atoms with E-state index in [4.69, 9.17) is 21.6 Å². The topological polar surface area (TPSA) is 274 Å². The van der Waals surface area contributed by atoms with E-state index in [9.17, 15) is 41.6 Å². The van der Waals surface area contributed by atoms with Gasteiger partial charge in [0.05, 0.1) is 43.3 Å². The van der Waals surface area contributed by atoms with Gasteiger partial charge >= 0.3 is 11.9 Å². The zero-order chi connectivity index (χ0) is 57.6. The van der Waals surface area contributed by atoms with Crippen LogP contribution in [0.5, 0.6) is 5.75 Å². The van der Waals surface area contributed by atoms with Crippen LogP contribution in [0.3, 0.4) is 0 Å². The van der Waals surface area contributed by atoms with Crippen LogP contribution in [0.2, 0.25) is 0 Å². The number of benzene rings is 7. The first-order chi connectivity index (χ1) is 38.8. The van der Waals surface area contributed by atoms with Crippen LogP contribution in [0.25, 0.3) is 67.2 Å². The number of para-hydroxylation sites is 4. The maximum Gasteiger partial charge on any atom is 0.450 e. The fourth-order valence-corrected chi connectivity index (χ4v) is 10.2. The van der Waals surface area contributed by atoms with Gasteiger partial charge in [-0.3, -0.25) is 14.9 Å². The van der Waals surface area contributed by atoms with Crippen LogP contribution < -0.4 is 27.4 Å². The van der Waals surface area contributed by atoms with Gasteiger partial charge in [0.2, 0.25) is 17.1 Å². The van der Waals surface area contributed by atoms with Crippen LogP contribution in [0.15, 0.2) is 212 Å². The predicted octanol–water partition coefficient (Wildman–Crippen LogP) is 12.8. The Kier molecular flexibility index (Phi) is 16.2. The van der Waals surface area contributed by atoms with E-state index in [0.717, 1.165) is 22.8 Å². The lowest BCUT2D eigenvalue weighted by molar-refractivity contribution is -0.388. The normalized spacial score (nSPS) is 11.3. The molecule has 0 bridgehead atoms. The van der Waals surface area contributed by atoms with Gasteiger partial charge in [-0.15, -0.1) is 0 Å². The van der Waals surface area contributed by atoms with Gasteiger partial charge in [0.25, 0.3) is 10.0 Å². The number of nitrogens with two attached hydrogens (primary N) is 3. The summed E-state index contributed by atoms with van der Waals surface area (Å²) in [6.45, 7) is 1.76. The van der Waals surface area contributed by atoms with Crippen LogP contribution in [0, 0.1) is 10.1 Å². The van der Waals surface area contributed by atoms with E-state index < -0.39 is 37.9 Å². The number of sulfonamides is 1. The molecule has 4 heterocycles. The molecule has 0 atom stereocenters. The van der Waals surface area contributed by atoms with Crippen LogP contribution in [-0.2, 0) is 29.7 Å². The number of aromatic nitrogens is 5. The lowest BCUT2D eigenvalue weighted by atomic mass is 10.0. The van der Waals surface area contributed by atoms with Crippen molar-refractivity contribution in [1.29, 1.82) is 0 Å². The Hall–Kier alpha value is -10.1. The molecule has 0 spiro atoms. The molecular formula is C59H47F3N10O7S2. The van der Waals surface area contributed by atoms with Crippen molar-refractivity contribution in [1.82, 2.24) is 24.5 Å². The molecular weight excluding hydrogens is 1080 g/mol. The number of alkyl halides is 3. The third kappa shape index (κ3) is 12.5. The lowest BCUT2D eigenvalue weighted by Crippen LogP contribution is -2.18. The number of nitrogens with one attached hydrogen (secondary N) is 1. The molecule has 0 saturated carbocycles. The second-order valence-corrected chi connectivity index (χ2v) is 20.5. The molecule has 7 aromatic carbocycles. The quantitative estimate of drug-likeness (QED) is 0.0457. The standard InChI is InChI=1S/C22H18N4O2S.C20H15F3N2O3.C17H14N4O2S/c23-18-11-13-19(14-12-18)29(27,28)26-22-24-20(16-7-3-1-4-8-16)15-21(25-22)17-9-5-2-6-10-17;1-3-10-8-11-15(9-14(10)26)28-18(20(21,22)23)16(17(11)27)19-24-12-6-4-5-7-13(12)25(19)2;18-12-6-2-1-5-11(12)14-9-10-15(21(22)23)17(20-14)24-16-8-4-3-7-13(16)19/h1-15H,23H2,(H,24,25,26);4-9,26H,3H2,1-2H3;1-10H,18-19H2. The summed E-state index contributed by atoms with van der Waals surface area (Å²) in [6, 6.07) is 53.5. The molecule has 0 unspecified atom stereocenters. The fraction of sp³-hybridized carbons (Fsp3) is 0.0678. The number of nitrogens with zero attached hydrogens (tertiary/aromatic N) is 6. The number of pyridine rings is 1. The monoisotopic (exact) mass is 1130 g/mol. The number of imidazole rings is 1. The minimum absolute atomic E-state index is 0.00188. The SMILES string of the molecule is CCc1cc2c(=O)c(-c3nc4ccccc4n3C)c(C(F)(F)F)oc2cc1O.Nc1ccc(S(=O)(=O)Nc2nc(-c3ccccc3)cc(-c3ccccc3)n2)cc1.Nc1ccccc1Sc1nc(-c2ccccc2N)ccc1[N+](=O)[O-]. The highest BCUT2D eigenvalue weighted by atomic mass is 32.2. The fourth-order valence-electron chi connectivity index (χ4n) is 8.37. The molecule has 17 nitrogen and oxygen atoms in total. The summed E-state index contributed by atoms with van der Waals surface area (Å²) >= 11 is 1.17. The second kappa shape index (κ2) is 23.5. The molecule has 0 saturated heterocycles. The Balaban J connectivity index is 0.000000147. The van der Waals surface area contributed by atoms with Gasteiger partial charge in [0, 0.05) is 57.8 Å². The highest BCUT2D eigenvalue weighted by molar-refractivity contribution is 7.99. The Morgan fingerprint density at radius 1 is 0.716 bits per heavy atom. The Bertz CT molecular complexity index is 4240. The second-order valence-electron chi connectivity index (χ2n) is 17.8. The van der Waals surface area contributed by atoms with Gasteiger partial charge in [-0.05, 0) is 84.8 Å². The summed E-state index contributed by atoms with van der Waals surface area (Å²) in [6.07, 6.45) is -4.51. The molecule has 4 aromatic heterocycles. The van der Waals surface area contributed by atoms with Crippen molar-refractivity contribution in [3.8, 4) is 50.9 Å². The van der Waals surface area contributed by atoms with Crippen molar-refractivity contribution in [2.45, 2.75) is 34.3 Å². The highest BCUT2D eigenvalue weighted by Gasteiger charge is 2.41. The number of nitro groups is 1. The number of hydrogen-bond donors (Lipinski definition) is 5. The van der Waals surface area contributed by atoms with Crippen LogP contribution >= 0.6 is 11.8 Å². The molecule has 81 heavy (non-hydrogen) atoms. The van der Waals surface area contributed by atoms with Gasteiger partial charge in [-0.25, -0.2) is 33.1 Å². The molecule has 22 heteroatoms. The zero-order valence-corrected chi connectivity index (χ0v) is 44.5. The number of phenolic OH excluding ortho intramolecular Hbond substituents is 1. The van der Waals surface area contributed by atoms with Crippen molar-refractivity contribution in [3.05, 3.63) is 220 Å². The summed E-state index contributed by atoms with van der Waals surface area (Å²) in [4.78, 5) is 42.3. The number of nitrogen functional groups attached to an aromatic ring is 3. The van der Waals surface area contributed by atoms with Crippen molar-refractivity contribution in [2.24, 2.45) is 7.05 Å². The first-order valence-electron chi connectivity index (χ1n) is 24.5. The van der Waals surface area contributed by atoms with Crippen molar-refractivity contribution in [3.63, 3.8) is 0 Å². The molecule has 0 aliphatic heterocycles. The number of phenols is 1. The average molecular weight is 1130 g/mol. The van der Waals surface area contributed by atoms with Gasteiger partial charge < -0.3 is 31.3 Å². The van der Waals surface area contributed by atoms with Crippen molar-refractivity contribution >= 4 is 72.5 Å². The number of hydrogen-bond acceptors (Lipinski definition) is 15. The molecule has 408 valence electrons. The third-order valence-corrected chi connectivity index (χ3v) is 14.9. The molecule has 11 aromatic rings. The number of fused-ring (bicyclic) bond motifs is 2. The number of rotatable bonds is 11. The predicted molar refractivity (Wildman–Crippen MR) is 309 cm³/mol. The van der Waals surface area contributed by atoms with Gasteiger partial charge in [0.15, 0.2) is 5.03 Å². The number of aromatic hydroxyl groups is 1. The smallest absolute Gasteiger partial charge is 0.450 e. The molecule has 11 rings (SSSR count). The number of anilines is 4. The molecule has 8 N–H and O–H groups in total. The first kappa shape index (κ1) is 55.7. The largest absolute Gasteiger partial charge is 0.508 e.